The zero-order valence-electron chi connectivity index (χ0n) is 16.2. The number of aliphatic hydroxyl groups is 1. The summed E-state index contributed by atoms with van der Waals surface area (Å²) in [4.78, 5) is 12.1. The predicted octanol–water partition coefficient (Wildman–Crippen LogP) is 4.11. The van der Waals surface area contributed by atoms with E-state index in [1.54, 1.807) is 0 Å². The number of anilines is 1. The van der Waals surface area contributed by atoms with Crippen molar-refractivity contribution < 1.29 is 49.1 Å². The van der Waals surface area contributed by atoms with E-state index in [1.165, 1.54) is 31.2 Å². The number of nitrogens with one attached hydrogen (secondary N) is 1. The first-order chi connectivity index (χ1) is 14.5. The minimum Gasteiger partial charge on any atom is -0.369 e. The molecule has 0 saturated carbocycles. The molecule has 2 rings (SSSR count). The number of benzene rings is 2. The van der Waals surface area contributed by atoms with Crippen LogP contribution in [0.2, 0.25) is 0 Å². The highest BCUT2D eigenvalue weighted by Gasteiger charge is 2.72. The summed E-state index contributed by atoms with van der Waals surface area (Å²) in [5.74, 6) is -2.97. The minimum atomic E-state index is -6.26. The van der Waals surface area contributed by atoms with Gasteiger partial charge in [0.05, 0.1) is 17.1 Å². The first-order valence-corrected chi connectivity index (χ1v) is 10.5. The molecule has 13 heteroatoms. The van der Waals surface area contributed by atoms with Crippen molar-refractivity contribution in [3.63, 3.8) is 0 Å². The van der Waals surface area contributed by atoms with Gasteiger partial charge in [0.25, 0.3) is 5.60 Å². The lowest BCUT2D eigenvalue weighted by molar-refractivity contribution is -0.377. The van der Waals surface area contributed by atoms with Crippen LogP contribution in [0.4, 0.5) is 36.4 Å². The lowest BCUT2D eigenvalue weighted by Gasteiger charge is -2.32. The SMILES string of the molecule is CCS(=O)(=O)c1ccc(CC(=O)Nc2ccc(C(O)(C(F)(F)F)C(F)(F)F)c(F)c2)cc1. The molecule has 0 aliphatic heterocycles. The summed E-state index contributed by atoms with van der Waals surface area (Å²) < 4.78 is 115. The molecule has 176 valence electrons. The van der Waals surface area contributed by atoms with Crippen LogP contribution in [0.25, 0.3) is 0 Å². The summed E-state index contributed by atoms with van der Waals surface area (Å²) >= 11 is 0. The maximum absolute atomic E-state index is 14.1. The van der Waals surface area contributed by atoms with Gasteiger partial charge in [-0.2, -0.15) is 26.3 Å². The summed E-state index contributed by atoms with van der Waals surface area (Å²) in [6, 6.07) is 6.10. The first-order valence-electron chi connectivity index (χ1n) is 8.80. The average molecular weight is 487 g/mol. The molecule has 2 aromatic carbocycles. The Kier molecular flexibility index (Phi) is 6.95. The lowest BCUT2D eigenvalue weighted by atomic mass is 9.91. The molecule has 0 aliphatic carbocycles. The molecule has 0 unspecified atom stereocenters. The van der Waals surface area contributed by atoms with Crippen molar-refractivity contribution in [1.29, 1.82) is 0 Å². The quantitative estimate of drug-likeness (QED) is 0.601. The Morgan fingerprint density at radius 3 is 1.94 bits per heavy atom. The van der Waals surface area contributed by atoms with E-state index in [0.717, 1.165) is 0 Å². The molecule has 0 bridgehead atoms. The number of carbonyl (C=O) groups is 1. The van der Waals surface area contributed by atoms with Crippen LogP contribution in [0.5, 0.6) is 0 Å². The van der Waals surface area contributed by atoms with Crippen molar-refractivity contribution in [2.24, 2.45) is 0 Å². The van der Waals surface area contributed by atoms with E-state index in [9.17, 15) is 49.1 Å². The Morgan fingerprint density at radius 2 is 1.50 bits per heavy atom. The minimum absolute atomic E-state index is 0.0311. The Morgan fingerprint density at radius 1 is 0.969 bits per heavy atom. The van der Waals surface area contributed by atoms with Crippen LogP contribution in [-0.4, -0.2) is 37.5 Å². The highest BCUT2D eigenvalue weighted by molar-refractivity contribution is 7.91. The summed E-state index contributed by atoms with van der Waals surface area (Å²) in [5, 5.41) is 11.4. The monoisotopic (exact) mass is 487 g/mol. The third kappa shape index (κ3) is 5.04. The van der Waals surface area contributed by atoms with Crippen LogP contribution in [-0.2, 0) is 26.7 Å². The van der Waals surface area contributed by atoms with E-state index < -0.39 is 50.8 Å². The van der Waals surface area contributed by atoms with Gasteiger partial charge in [-0.3, -0.25) is 4.79 Å². The van der Waals surface area contributed by atoms with Gasteiger partial charge in [0.2, 0.25) is 5.91 Å². The fourth-order valence-electron chi connectivity index (χ4n) is 2.72. The van der Waals surface area contributed by atoms with Gasteiger partial charge in [0.15, 0.2) is 9.84 Å². The van der Waals surface area contributed by atoms with E-state index in [1.807, 2.05) is 0 Å². The van der Waals surface area contributed by atoms with Crippen molar-refractivity contribution in [2.45, 2.75) is 36.2 Å². The van der Waals surface area contributed by atoms with E-state index in [4.69, 9.17) is 0 Å². The molecule has 1 amide bonds. The van der Waals surface area contributed by atoms with Gasteiger partial charge in [-0.15, -0.1) is 0 Å². The standard InChI is InChI=1S/C19H16F7NO4S/c1-2-32(30,31)13-6-3-11(4-7-13)9-16(28)27-12-5-8-14(15(20)10-12)17(29,18(21,22)23)19(24,25)26/h3-8,10,29H,2,9H2,1H3,(H,27,28). The summed E-state index contributed by atoms with van der Waals surface area (Å²) in [5.41, 5.74) is -7.61. The van der Waals surface area contributed by atoms with E-state index in [-0.39, 0.29) is 29.2 Å². The van der Waals surface area contributed by atoms with Gasteiger partial charge in [-0.25, -0.2) is 12.8 Å². The smallest absolute Gasteiger partial charge is 0.369 e. The number of halogens is 7. The number of hydrogen-bond donors (Lipinski definition) is 2. The van der Waals surface area contributed by atoms with Crippen LogP contribution in [0, 0.1) is 5.82 Å². The Balaban J connectivity index is 2.21. The Hall–Kier alpha value is -2.67. The van der Waals surface area contributed by atoms with Crippen LogP contribution in [0.3, 0.4) is 0 Å². The van der Waals surface area contributed by atoms with E-state index in [0.29, 0.717) is 11.6 Å². The molecule has 5 nitrogen and oxygen atoms in total. The van der Waals surface area contributed by atoms with Gasteiger partial charge in [-0.05, 0) is 29.8 Å². The molecular formula is C19H16F7NO4S. The Labute approximate surface area is 177 Å². The van der Waals surface area contributed by atoms with Crippen molar-refractivity contribution in [1.82, 2.24) is 0 Å². The van der Waals surface area contributed by atoms with Crippen LogP contribution in [0.15, 0.2) is 47.4 Å². The molecule has 0 aliphatic rings. The topological polar surface area (TPSA) is 83.5 Å². The number of hydrogen-bond acceptors (Lipinski definition) is 4. The molecule has 2 aromatic rings. The number of sulfone groups is 1. The van der Waals surface area contributed by atoms with Gasteiger partial charge in [0.1, 0.15) is 5.82 Å². The highest BCUT2D eigenvalue weighted by Crippen LogP contribution is 2.50. The summed E-state index contributed by atoms with van der Waals surface area (Å²) in [6.45, 7) is 1.45. The van der Waals surface area contributed by atoms with Crippen molar-refractivity contribution in [3.05, 3.63) is 59.4 Å². The molecule has 2 N–H and O–H groups in total. The fraction of sp³-hybridized carbons (Fsp3) is 0.316. The molecule has 0 atom stereocenters. The largest absolute Gasteiger partial charge is 0.430 e. The van der Waals surface area contributed by atoms with E-state index in [2.05, 4.69) is 5.32 Å². The molecular weight excluding hydrogens is 471 g/mol. The molecule has 0 spiro atoms. The predicted molar refractivity (Wildman–Crippen MR) is 98.9 cm³/mol. The fourth-order valence-corrected chi connectivity index (χ4v) is 3.61. The second kappa shape index (κ2) is 8.70. The maximum atomic E-state index is 14.1. The highest BCUT2D eigenvalue weighted by atomic mass is 32.2. The zero-order valence-corrected chi connectivity index (χ0v) is 17.0. The number of amides is 1. The molecule has 0 fully saturated rings. The van der Waals surface area contributed by atoms with E-state index >= 15 is 0 Å². The Bertz CT molecular complexity index is 1080. The summed E-state index contributed by atoms with van der Waals surface area (Å²) in [7, 11) is -3.46. The number of rotatable bonds is 6. The van der Waals surface area contributed by atoms with Crippen molar-refractivity contribution >= 4 is 21.4 Å². The zero-order chi connectivity index (χ0) is 24.5. The number of carbonyl (C=O) groups excluding carboxylic acids is 1. The van der Waals surface area contributed by atoms with Gasteiger partial charge >= 0.3 is 12.4 Å². The maximum Gasteiger partial charge on any atom is 0.430 e. The van der Waals surface area contributed by atoms with Gasteiger partial charge in [0, 0.05) is 11.3 Å². The normalized spacial score (nSPS) is 13.2. The van der Waals surface area contributed by atoms with Gasteiger partial charge < -0.3 is 10.4 Å². The van der Waals surface area contributed by atoms with Crippen molar-refractivity contribution in [3.8, 4) is 0 Å². The molecule has 0 aromatic heterocycles. The third-order valence-corrected chi connectivity index (χ3v) is 6.24. The molecule has 0 heterocycles. The van der Waals surface area contributed by atoms with Crippen LogP contribution >= 0.6 is 0 Å². The molecule has 32 heavy (non-hydrogen) atoms. The first kappa shape index (κ1) is 25.6. The van der Waals surface area contributed by atoms with Crippen molar-refractivity contribution in [2.75, 3.05) is 11.1 Å². The third-order valence-electron chi connectivity index (χ3n) is 4.49. The van der Waals surface area contributed by atoms with Crippen LogP contribution in [0.1, 0.15) is 18.1 Å². The molecule has 0 saturated heterocycles. The second-order valence-corrected chi connectivity index (χ2v) is 8.95. The van der Waals surface area contributed by atoms with Crippen LogP contribution < -0.4 is 5.32 Å². The summed E-state index contributed by atoms with van der Waals surface area (Å²) in [6.07, 6.45) is -12.9. The molecule has 0 radical (unpaired) electrons. The van der Waals surface area contributed by atoms with Gasteiger partial charge in [-0.1, -0.05) is 25.1 Å². The average Bonchev–Trinajstić information content (AvgIpc) is 2.66. The lowest BCUT2D eigenvalue weighted by Crippen LogP contribution is -2.54. The number of alkyl halides is 6. The second-order valence-electron chi connectivity index (χ2n) is 6.67.